The van der Waals surface area contributed by atoms with E-state index in [1.807, 2.05) is 6.07 Å². The summed E-state index contributed by atoms with van der Waals surface area (Å²) in [6.45, 7) is 4.62. The number of nitrogens with zero attached hydrogens (tertiary/aromatic N) is 1. The number of hydrogen-bond donors (Lipinski definition) is 2. The summed E-state index contributed by atoms with van der Waals surface area (Å²) < 4.78 is 5.77. The molecule has 1 aromatic carbocycles. The first kappa shape index (κ1) is 16.7. The van der Waals surface area contributed by atoms with Crippen LogP contribution in [0.15, 0.2) is 35.4 Å². The number of pyridine rings is 2. The number of hydrogen-bond acceptors (Lipinski definition) is 4. The fourth-order valence-corrected chi connectivity index (χ4v) is 3.08. The van der Waals surface area contributed by atoms with Gasteiger partial charge in [-0.1, -0.05) is 25.4 Å². The molecule has 0 aliphatic heterocycles. The van der Waals surface area contributed by atoms with Crippen LogP contribution in [0, 0.1) is 5.92 Å². The maximum atomic E-state index is 12.2. The molecule has 0 radical (unpaired) electrons. The predicted octanol–water partition coefficient (Wildman–Crippen LogP) is 3.48. The number of aromatic nitrogens is 2. The molecule has 1 unspecified atom stereocenters. The molecule has 6 heteroatoms. The quantitative estimate of drug-likeness (QED) is 0.694. The second-order valence-electron chi connectivity index (χ2n) is 6.40. The lowest BCUT2D eigenvalue weighted by atomic mass is 10.1. The predicted molar refractivity (Wildman–Crippen MR) is 97.8 cm³/mol. The minimum absolute atomic E-state index is 0.0570. The normalized spacial score (nSPS) is 12.9. The molecule has 0 aliphatic rings. The van der Waals surface area contributed by atoms with Crippen molar-refractivity contribution >= 4 is 33.3 Å². The molecule has 3 rings (SSSR count). The van der Waals surface area contributed by atoms with Gasteiger partial charge in [0.15, 0.2) is 0 Å². The van der Waals surface area contributed by atoms with Crippen LogP contribution in [0.1, 0.15) is 20.3 Å². The lowest BCUT2D eigenvalue weighted by molar-refractivity contribution is 0.271. The van der Waals surface area contributed by atoms with Crippen LogP contribution in [0.25, 0.3) is 21.7 Å². The molecule has 1 atom stereocenters. The first-order chi connectivity index (χ1) is 11.5. The molecular weight excluding hydrogens is 326 g/mol. The summed E-state index contributed by atoms with van der Waals surface area (Å²) in [6, 6.07) is 5.31. The topological polar surface area (TPSA) is 81.0 Å². The largest absolute Gasteiger partial charge is 0.490 e. The second kappa shape index (κ2) is 6.79. The van der Waals surface area contributed by atoms with E-state index in [1.54, 1.807) is 24.5 Å². The van der Waals surface area contributed by atoms with Crippen molar-refractivity contribution in [3.05, 3.63) is 46.0 Å². The molecule has 0 saturated heterocycles. The number of aromatic amines is 1. The Bertz CT molecular complexity index is 937. The molecule has 3 aromatic rings. The van der Waals surface area contributed by atoms with E-state index in [9.17, 15) is 4.79 Å². The Morgan fingerprint density at radius 2 is 2.08 bits per heavy atom. The van der Waals surface area contributed by atoms with Crippen LogP contribution in [-0.4, -0.2) is 22.6 Å². The van der Waals surface area contributed by atoms with Gasteiger partial charge >= 0.3 is 0 Å². The standard InChI is InChI=1S/C18H20ClN3O2/c1-10(2)5-11(20)9-24-17-7-16-13(6-15(17)19)12-3-4-21-8-14(12)18(23)22-16/h3-4,6-8,10-11H,5,9,20H2,1-2H3,(H,22,23). The van der Waals surface area contributed by atoms with Crippen molar-refractivity contribution in [1.29, 1.82) is 0 Å². The van der Waals surface area contributed by atoms with Crippen molar-refractivity contribution in [3.8, 4) is 5.75 Å². The molecule has 0 saturated carbocycles. The molecule has 0 amide bonds. The highest BCUT2D eigenvalue weighted by Gasteiger charge is 2.12. The Hall–Kier alpha value is -2.11. The van der Waals surface area contributed by atoms with Gasteiger partial charge in [-0.25, -0.2) is 0 Å². The highest BCUT2D eigenvalue weighted by molar-refractivity contribution is 6.33. The van der Waals surface area contributed by atoms with Gasteiger partial charge in [-0.3, -0.25) is 9.78 Å². The van der Waals surface area contributed by atoms with E-state index < -0.39 is 0 Å². The number of halogens is 1. The molecule has 24 heavy (non-hydrogen) atoms. The average Bonchev–Trinajstić information content (AvgIpc) is 2.53. The van der Waals surface area contributed by atoms with Crippen molar-refractivity contribution in [1.82, 2.24) is 9.97 Å². The van der Waals surface area contributed by atoms with Gasteiger partial charge in [0.05, 0.1) is 15.9 Å². The van der Waals surface area contributed by atoms with E-state index in [1.165, 1.54) is 0 Å². The number of H-pyrrole nitrogens is 1. The summed E-state index contributed by atoms with van der Waals surface area (Å²) in [6.07, 6.45) is 4.08. The third-order valence-corrected chi connectivity index (χ3v) is 4.20. The summed E-state index contributed by atoms with van der Waals surface area (Å²) in [7, 11) is 0. The van der Waals surface area contributed by atoms with Gasteiger partial charge in [-0.2, -0.15) is 0 Å². The maximum Gasteiger partial charge on any atom is 0.257 e. The summed E-state index contributed by atoms with van der Waals surface area (Å²) >= 11 is 6.36. The molecule has 0 spiro atoms. The lowest BCUT2D eigenvalue weighted by Crippen LogP contribution is -2.29. The maximum absolute atomic E-state index is 12.2. The molecule has 2 aromatic heterocycles. The van der Waals surface area contributed by atoms with E-state index in [4.69, 9.17) is 22.1 Å². The highest BCUT2D eigenvalue weighted by Crippen LogP contribution is 2.32. The van der Waals surface area contributed by atoms with Crippen LogP contribution in [0.5, 0.6) is 5.75 Å². The summed E-state index contributed by atoms with van der Waals surface area (Å²) in [5.41, 5.74) is 6.54. The number of benzene rings is 1. The van der Waals surface area contributed by atoms with E-state index in [0.29, 0.717) is 34.2 Å². The fraction of sp³-hybridized carbons (Fsp3) is 0.333. The molecule has 5 nitrogen and oxygen atoms in total. The van der Waals surface area contributed by atoms with Crippen LogP contribution >= 0.6 is 11.6 Å². The second-order valence-corrected chi connectivity index (χ2v) is 6.81. The van der Waals surface area contributed by atoms with Crippen molar-refractivity contribution in [3.63, 3.8) is 0 Å². The highest BCUT2D eigenvalue weighted by atomic mass is 35.5. The monoisotopic (exact) mass is 345 g/mol. The Morgan fingerprint density at radius 3 is 2.83 bits per heavy atom. The zero-order valence-electron chi connectivity index (χ0n) is 13.7. The third-order valence-electron chi connectivity index (χ3n) is 3.90. The van der Waals surface area contributed by atoms with Gasteiger partial charge in [0.1, 0.15) is 12.4 Å². The number of rotatable bonds is 5. The third kappa shape index (κ3) is 3.37. The first-order valence-electron chi connectivity index (χ1n) is 7.93. The van der Waals surface area contributed by atoms with Gasteiger partial charge in [0.25, 0.3) is 5.56 Å². The number of ether oxygens (including phenoxy) is 1. The van der Waals surface area contributed by atoms with Crippen molar-refractivity contribution in [2.75, 3.05) is 6.61 Å². The van der Waals surface area contributed by atoms with Gasteiger partial charge in [0, 0.05) is 29.9 Å². The Labute approximate surface area is 144 Å². The van der Waals surface area contributed by atoms with E-state index >= 15 is 0 Å². The Morgan fingerprint density at radius 1 is 1.29 bits per heavy atom. The summed E-state index contributed by atoms with van der Waals surface area (Å²) in [5, 5.41) is 2.70. The molecule has 3 N–H and O–H groups in total. The van der Waals surface area contributed by atoms with Gasteiger partial charge < -0.3 is 15.5 Å². The minimum Gasteiger partial charge on any atom is -0.490 e. The van der Waals surface area contributed by atoms with Crippen molar-refractivity contribution in [2.45, 2.75) is 26.3 Å². The Kier molecular flexibility index (Phi) is 4.73. The number of nitrogens with two attached hydrogens (primary N) is 1. The first-order valence-corrected chi connectivity index (χ1v) is 8.31. The van der Waals surface area contributed by atoms with Gasteiger partial charge in [-0.15, -0.1) is 0 Å². The molecular formula is C18H20ClN3O2. The average molecular weight is 346 g/mol. The van der Waals surface area contributed by atoms with Crippen LogP contribution in [0.2, 0.25) is 5.02 Å². The number of nitrogens with one attached hydrogen (secondary N) is 1. The van der Waals surface area contributed by atoms with Crippen LogP contribution in [-0.2, 0) is 0 Å². The molecule has 126 valence electrons. The lowest BCUT2D eigenvalue weighted by Gasteiger charge is -2.16. The summed E-state index contributed by atoms with van der Waals surface area (Å²) in [4.78, 5) is 19.0. The van der Waals surface area contributed by atoms with Gasteiger partial charge in [-0.05, 0) is 29.9 Å². The zero-order valence-corrected chi connectivity index (χ0v) is 14.4. The smallest absolute Gasteiger partial charge is 0.257 e. The Balaban J connectivity index is 1.98. The fourth-order valence-electron chi connectivity index (χ4n) is 2.86. The van der Waals surface area contributed by atoms with E-state index in [0.717, 1.165) is 17.2 Å². The SMILES string of the molecule is CC(C)CC(N)COc1cc2[nH]c(=O)c3cnccc3c2cc1Cl. The van der Waals surface area contributed by atoms with E-state index in [2.05, 4.69) is 23.8 Å². The van der Waals surface area contributed by atoms with E-state index in [-0.39, 0.29) is 11.6 Å². The zero-order chi connectivity index (χ0) is 17.3. The van der Waals surface area contributed by atoms with Gasteiger partial charge in [0.2, 0.25) is 0 Å². The van der Waals surface area contributed by atoms with Crippen LogP contribution in [0.3, 0.4) is 0 Å². The molecule has 0 aliphatic carbocycles. The molecule has 0 bridgehead atoms. The minimum atomic E-state index is -0.185. The van der Waals surface area contributed by atoms with Crippen LogP contribution < -0.4 is 16.0 Å². The van der Waals surface area contributed by atoms with Crippen molar-refractivity contribution in [2.24, 2.45) is 11.7 Å². The molecule has 0 fully saturated rings. The van der Waals surface area contributed by atoms with Crippen LogP contribution in [0.4, 0.5) is 0 Å². The number of fused-ring (bicyclic) bond motifs is 3. The summed E-state index contributed by atoms with van der Waals surface area (Å²) in [5.74, 6) is 1.03. The molecule has 2 heterocycles. The van der Waals surface area contributed by atoms with Crippen molar-refractivity contribution < 1.29 is 4.74 Å².